The van der Waals surface area contributed by atoms with Crippen LogP contribution in [0.5, 0.6) is 0 Å². The van der Waals surface area contributed by atoms with Gasteiger partial charge in [0.2, 0.25) is 0 Å². The van der Waals surface area contributed by atoms with Gasteiger partial charge in [0.1, 0.15) is 0 Å². The van der Waals surface area contributed by atoms with Crippen LogP contribution >= 0.6 is 0 Å². The number of amides is 1. The fraction of sp³-hybridized carbons (Fsp3) is 0.611. The molecule has 0 aliphatic carbocycles. The lowest BCUT2D eigenvalue weighted by Crippen LogP contribution is -2.42. The van der Waals surface area contributed by atoms with Crippen molar-refractivity contribution < 1.29 is 35.9 Å². The Morgan fingerprint density at radius 1 is 0.960 bits per heavy atom. The topological polar surface area (TPSA) is 76.4 Å². The summed E-state index contributed by atoms with van der Waals surface area (Å²) >= 11 is 0. The van der Waals surface area contributed by atoms with Gasteiger partial charge in [0, 0.05) is 37.8 Å². The Bertz CT molecular complexity index is 1600. The first-order valence-electron chi connectivity index (χ1n) is 17.3. The Morgan fingerprint density at radius 3 is 2.20 bits per heavy atom. The third kappa shape index (κ3) is 8.71. The molecule has 1 fully saturated rings. The van der Waals surface area contributed by atoms with E-state index in [9.17, 15) is 31.1 Å². The van der Waals surface area contributed by atoms with E-state index in [4.69, 9.17) is 4.74 Å². The van der Waals surface area contributed by atoms with E-state index in [1.165, 1.54) is 4.80 Å². The van der Waals surface area contributed by atoms with Gasteiger partial charge in [0.25, 0.3) is 0 Å². The van der Waals surface area contributed by atoms with Crippen molar-refractivity contribution in [3.63, 3.8) is 0 Å². The number of nitrogens with zero attached hydrogens (tertiary/aromatic N) is 6. The predicted octanol–water partition coefficient (Wildman–Crippen LogP) is 8.47. The number of aryl methyl sites for hydroxylation is 4. The summed E-state index contributed by atoms with van der Waals surface area (Å²) in [4.78, 5) is 17.8. The van der Waals surface area contributed by atoms with Gasteiger partial charge in [-0.3, -0.25) is 0 Å². The van der Waals surface area contributed by atoms with E-state index in [-0.39, 0.29) is 41.9 Å². The molecule has 0 N–H and O–H groups in total. The van der Waals surface area contributed by atoms with E-state index in [0.717, 1.165) is 73.3 Å². The van der Waals surface area contributed by atoms with E-state index in [1.807, 2.05) is 13.8 Å². The maximum absolute atomic E-state index is 13.7. The zero-order chi connectivity index (χ0) is 36.4. The average molecular weight is 709 g/mol. The number of benzene rings is 2. The minimum Gasteiger partial charge on any atom is -0.450 e. The predicted molar refractivity (Wildman–Crippen MR) is 177 cm³/mol. The average Bonchev–Trinajstić information content (AvgIpc) is 3.40. The number of likely N-dealkylation sites (tertiary alicyclic amines) is 1. The van der Waals surface area contributed by atoms with Gasteiger partial charge in [0.05, 0.1) is 24.8 Å². The Kier molecular flexibility index (Phi) is 11.4. The molecule has 3 unspecified atom stereocenters. The fourth-order valence-corrected chi connectivity index (χ4v) is 7.90. The van der Waals surface area contributed by atoms with Gasteiger partial charge in [-0.25, -0.2) is 4.79 Å². The van der Waals surface area contributed by atoms with Crippen LogP contribution in [-0.4, -0.2) is 64.0 Å². The van der Waals surface area contributed by atoms with Gasteiger partial charge in [0.15, 0.2) is 5.82 Å². The molecule has 2 aliphatic heterocycles. The van der Waals surface area contributed by atoms with Gasteiger partial charge in [-0.2, -0.15) is 31.1 Å². The number of aromatic nitrogens is 4. The third-order valence-corrected chi connectivity index (χ3v) is 10.3. The first-order valence-corrected chi connectivity index (χ1v) is 17.3. The molecule has 8 nitrogen and oxygen atoms in total. The van der Waals surface area contributed by atoms with Crippen molar-refractivity contribution in [3.8, 4) is 0 Å². The van der Waals surface area contributed by atoms with Crippen LogP contribution in [0.2, 0.25) is 0 Å². The number of piperidine rings is 1. The number of hydrogen-bond donors (Lipinski definition) is 0. The minimum atomic E-state index is -4.92. The Hall–Kier alpha value is -3.84. The zero-order valence-electron chi connectivity index (χ0n) is 29.2. The molecular formula is C36H46F6N6O2. The normalized spacial score (nSPS) is 18.8. The van der Waals surface area contributed by atoms with Crippen molar-refractivity contribution in [3.05, 3.63) is 69.5 Å². The molecule has 3 aromatic rings. The molecule has 2 aliphatic rings. The van der Waals surface area contributed by atoms with Crippen molar-refractivity contribution in [1.82, 2.24) is 25.1 Å². The highest BCUT2D eigenvalue weighted by molar-refractivity contribution is 5.67. The second-order valence-corrected chi connectivity index (χ2v) is 13.9. The summed E-state index contributed by atoms with van der Waals surface area (Å²) in [5, 5.41) is 12.8. The van der Waals surface area contributed by atoms with Crippen molar-refractivity contribution in [2.75, 3.05) is 37.7 Å². The number of tetrazole rings is 1. The van der Waals surface area contributed by atoms with Gasteiger partial charge in [-0.1, -0.05) is 24.6 Å². The van der Waals surface area contributed by atoms with Crippen LogP contribution in [0.15, 0.2) is 30.3 Å². The van der Waals surface area contributed by atoms with E-state index in [2.05, 4.69) is 39.4 Å². The number of alkyl halides is 6. The van der Waals surface area contributed by atoms with Gasteiger partial charge >= 0.3 is 18.4 Å². The number of carbonyl (C=O) groups excluding carboxylic acids is 1. The van der Waals surface area contributed by atoms with E-state index in [0.29, 0.717) is 37.9 Å². The molecule has 1 aromatic heterocycles. The zero-order valence-corrected chi connectivity index (χ0v) is 29.2. The van der Waals surface area contributed by atoms with E-state index in [1.54, 1.807) is 18.9 Å². The lowest BCUT2D eigenvalue weighted by Gasteiger charge is -2.37. The van der Waals surface area contributed by atoms with Crippen LogP contribution in [0.1, 0.15) is 97.0 Å². The second-order valence-electron chi connectivity index (χ2n) is 13.9. The Labute approximate surface area is 289 Å². The summed E-state index contributed by atoms with van der Waals surface area (Å²) in [7, 11) is 1.66. The van der Waals surface area contributed by atoms with Crippen LogP contribution in [0.3, 0.4) is 0 Å². The SMILES string of the molecule is CCOC(=O)N1CCC(CN2CCCC(C(CCc3cc(C(F)(F)F)cc(C(F)(F)F)c3)C(C)c3nnn(C)n3)c3cc(C)cc(C)c32)CC1. The minimum absolute atomic E-state index is 0.0125. The molecule has 3 atom stereocenters. The van der Waals surface area contributed by atoms with Crippen LogP contribution in [0, 0.1) is 25.7 Å². The lowest BCUT2D eigenvalue weighted by atomic mass is 9.72. The maximum atomic E-state index is 13.7. The number of hydrogen-bond acceptors (Lipinski definition) is 6. The number of halogens is 6. The largest absolute Gasteiger partial charge is 0.450 e. The number of fused-ring (bicyclic) bond motifs is 1. The molecule has 274 valence electrons. The summed E-state index contributed by atoms with van der Waals surface area (Å²) in [5.74, 6) is 0.293. The number of ether oxygens (including phenoxy) is 1. The molecule has 0 bridgehead atoms. The first kappa shape index (κ1) is 37.4. The van der Waals surface area contributed by atoms with Crippen molar-refractivity contribution in [2.45, 2.75) is 90.4 Å². The van der Waals surface area contributed by atoms with Gasteiger partial charge < -0.3 is 14.5 Å². The van der Waals surface area contributed by atoms with Crippen LogP contribution in [0.4, 0.5) is 36.8 Å². The summed E-state index contributed by atoms with van der Waals surface area (Å²) in [6.45, 7) is 11.1. The van der Waals surface area contributed by atoms with Gasteiger partial charge in [-0.05, 0) is 117 Å². The van der Waals surface area contributed by atoms with Crippen LogP contribution < -0.4 is 4.90 Å². The van der Waals surface area contributed by atoms with E-state index >= 15 is 0 Å². The van der Waals surface area contributed by atoms with Gasteiger partial charge in [-0.15, -0.1) is 10.2 Å². The number of carbonyl (C=O) groups is 1. The standard InChI is InChI=1S/C36H46F6N6O2/c1-6-50-34(49)47-14-11-25(12-15-47)21-48-13-7-8-30(31-17-22(2)16-23(3)32(31)48)29(24(4)33-43-45-46(5)44-33)10-9-26-18-27(35(37,38)39)20-28(19-26)36(40,41)42/h16-20,24-25,29-30H,6-15,21H2,1-5H3. The molecule has 0 spiro atoms. The molecule has 0 radical (unpaired) electrons. The summed E-state index contributed by atoms with van der Waals surface area (Å²) in [6.07, 6.45) is -6.44. The molecular weight excluding hydrogens is 662 g/mol. The monoisotopic (exact) mass is 708 g/mol. The summed E-state index contributed by atoms with van der Waals surface area (Å²) < 4.78 is 87.6. The summed E-state index contributed by atoms with van der Waals surface area (Å²) in [6, 6.07) is 6.19. The first-order chi connectivity index (χ1) is 23.5. The number of rotatable bonds is 9. The van der Waals surface area contributed by atoms with Crippen molar-refractivity contribution in [1.29, 1.82) is 0 Å². The number of anilines is 1. The molecule has 3 heterocycles. The molecule has 1 saturated heterocycles. The van der Waals surface area contributed by atoms with Crippen molar-refractivity contribution in [2.24, 2.45) is 18.9 Å². The fourth-order valence-electron chi connectivity index (χ4n) is 7.90. The molecule has 5 rings (SSSR count). The van der Waals surface area contributed by atoms with E-state index < -0.39 is 23.5 Å². The third-order valence-electron chi connectivity index (χ3n) is 10.3. The van der Waals surface area contributed by atoms with Crippen LogP contribution in [0.25, 0.3) is 0 Å². The highest BCUT2D eigenvalue weighted by Gasteiger charge is 2.39. The molecule has 2 aromatic carbocycles. The molecule has 14 heteroatoms. The quantitative estimate of drug-likeness (QED) is 0.208. The Morgan fingerprint density at radius 2 is 1.62 bits per heavy atom. The highest BCUT2D eigenvalue weighted by atomic mass is 19.4. The summed E-state index contributed by atoms with van der Waals surface area (Å²) in [5.41, 5.74) is 1.83. The van der Waals surface area contributed by atoms with Crippen LogP contribution in [-0.2, 0) is 30.6 Å². The Balaban J connectivity index is 1.48. The second kappa shape index (κ2) is 15.2. The molecule has 50 heavy (non-hydrogen) atoms. The molecule has 0 saturated carbocycles. The van der Waals surface area contributed by atoms with Crippen molar-refractivity contribution >= 4 is 11.8 Å². The maximum Gasteiger partial charge on any atom is 0.416 e. The highest BCUT2D eigenvalue weighted by Crippen LogP contribution is 2.47. The molecule has 1 amide bonds. The lowest BCUT2D eigenvalue weighted by molar-refractivity contribution is -0.143. The smallest absolute Gasteiger partial charge is 0.416 e.